The molecule has 0 radical (unpaired) electrons. The van der Waals surface area contributed by atoms with E-state index in [4.69, 9.17) is 27.6 Å². The fourth-order valence-corrected chi connectivity index (χ4v) is 3.77. The molecular formula is C18H19Cl3N6O3. The number of aromatic nitrogens is 3. The number of hydrogen-bond acceptors (Lipinski definition) is 5. The van der Waals surface area contributed by atoms with E-state index in [1.165, 1.54) is 0 Å². The van der Waals surface area contributed by atoms with Gasteiger partial charge in [0.05, 0.1) is 28.0 Å². The molecule has 160 valence electrons. The van der Waals surface area contributed by atoms with E-state index in [0.29, 0.717) is 22.0 Å². The van der Waals surface area contributed by atoms with Crippen LogP contribution in [0.2, 0.25) is 10.0 Å². The summed E-state index contributed by atoms with van der Waals surface area (Å²) in [6.45, 7) is 3.27. The maximum Gasteiger partial charge on any atom is 0.434 e. The fourth-order valence-electron chi connectivity index (χ4n) is 3.35. The molecule has 1 saturated heterocycles. The van der Waals surface area contributed by atoms with Crippen LogP contribution in [0.25, 0.3) is 11.5 Å². The molecule has 1 aromatic carbocycles. The number of anilines is 2. The largest absolute Gasteiger partial charge is 1.00 e. The van der Waals surface area contributed by atoms with Crippen LogP contribution in [-0.4, -0.2) is 40.2 Å². The van der Waals surface area contributed by atoms with Gasteiger partial charge < -0.3 is 37.8 Å². The zero-order valence-corrected chi connectivity index (χ0v) is 18.2. The first-order valence-electron chi connectivity index (χ1n) is 8.96. The van der Waals surface area contributed by atoms with E-state index >= 15 is 0 Å². The minimum atomic E-state index is -0.633. The van der Waals surface area contributed by atoms with Crippen molar-refractivity contribution < 1.29 is 27.4 Å². The lowest BCUT2D eigenvalue weighted by atomic mass is 10.1. The lowest BCUT2D eigenvalue weighted by molar-refractivity contribution is -0.412. The van der Waals surface area contributed by atoms with Crippen LogP contribution in [0.3, 0.4) is 0 Å². The van der Waals surface area contributed by atoms with Gasteiger partial charge in [0.1, 0.15) is 11.7 Å². The van der Waals surface area contributed by atoms with Gasteiger partial charge in [0.25, 0.3) is 5.91 Å². The summed E-state index contributed by atoms with van der Waals surface area (Å²) in [5, 5.41) is 9.51. The second-order valence-corrected chi connectivity index (χ2v) is 7.71. The van der Waals surface area contributed by atoms with Gasteiger partial charge in [-0.05, 0) is 25.1 Å². The second-order valence-electron chi connectivity index (χ2n) is 6.96. The van der Waals surface area contributed by atoms with Crippen molar-refractivity contribution in [2.75, 3.05) is 23.3 Å². The predicted molar refractivity (Wildman–Crippen MR) is 110 cm³/mol. The van der Waals surface area contributed by atoms with Crippen molar-refractivity contribution >= 4 is 40.5 Å². The van der Waals surface area contributed by atoms with Gasteiger partial charge >= 0.3 is 5.76 Å². The Labute approximate surface area is 187 Å². The molecule has 0 spiro atoms. The predicted octanol–water partition coefficient (Wildman–Crippen LogP) is -0.950. The quantitative estimate of drug-likeness (QED) is 0.387. The molecule has 1 aliphatic heterocycles. The van der Waals surface area contributed by atoms with Gasteiger partial charge in [0.2, 0.25) is 5.89 Å². The smallest absolute Gasteiger partial charge is 0.434 e. The van der Waals surface area contributed by atoms with Crippen molar-refractivity contribution in [2.24, 2.45) is 0 Å². The van der Waals surface area contributed by atoms with Gasteiger partial charge in [0, 0.05) is 24.2 Å². The van der Waals surface area contributed by atoms with Gasteiger partial charge in [-0.15, -0.1) is 5.10 Å². The number of aryl methyl sites for hydroxylation is 1. The van der Waals surface area contributed by atoms with Crippen molar-refractivity contribution in [2.45, 2.75) is 19.4 Å². The highest BCUT2D eigenvalue weighted by Gasteiger charge is 2.26. The number of nitrogens with one attached hydrogen (secondary N) is 3. The molecule has 4 rings (SSSR count). The Bertz CT molecular complexity index is 1140. The topological polar surface area (TPSA) is 135 Å². The molecule has 12 heteroatoms. The van der Waals surface area contributed by atoms with Crippen LogP contribution in [-0.2, 0) is 0 Å². The lowest BCUT2D eigenvalue weighted by Gasteiger charge is -2.22. The number of carbonyl (C=O) groups excluding carboxylic acids is 1. The number of benzene rings is 1. The van der Waals surface area contributed by atoms with Gasteiger partial charge in [0.15, 0.2) is 0 Å². The third kappa shape index (κ3) is 4.20. The molecule has 1 aliphatic rings. The minimum absolute atomic E-state index is 0. The molecule has 1 amide bonds. The zero-order chi connectivity index (χ0) is 20.7. The molecule has 0 bridgehead atoms. The van der Waals surface area contributed by atoms with Crippen LogP contribution in [0.1, 0.15) is 22.6 Å². The van der Waals surface area contributed by atoms with Crippen molar-refractivity contribution in [1.82, 2.24) is 15.2 Å². The number of amides is 1. The van der Waals surface area contributed by atoms with Crippen molar-refractivity contribution in [3.05, 3.63) is 50.2 Å². The number of quaternary nitrogens is 1. The number of aromatic amines is 2. The van der Waals surface area contributed by atoms with Crippen molar-refractivity contribution in [3.8, 4) is 11.5 Å². The van der Waals surface area contributed by atoms with E-state index < -0.39 is 11.7 Å². The van der Waals surface area contributed by atoms with E-state index in [2.05, 4.69) is 31.1 Å². The fraction of sp³-hybridized carbons (Fsp3) is 0.278. The molecule has 1 atom stereocenters. The maximum atomic E-state index is 12.8. The van der Waals surface area contributed by atoms with Crippen LogP contribution in [0.4, 0.5) is 11.4 Å². The average Bonchev–Trinajstić information content (AvgIpc) is 3.38. The highest BCUT2D eigenvalue weighted by molar-refractivity contribution is 6.44. The highest BCUT2D eigenvalue weighted by Crippen LogP contribution is 2.34. The minimum Gasteiger partial charge on any atom is -1.00 e. The SMILES string of the molecule is Cc1[nH]c(C(=O)Nc2ccc(-c3n[nH]c(=O)o3)cc2N2CC[C@H]([NH3+])C2)c(Cl)c1Cl.[Cl-]. The average molecular weight is 474 g/mol. The van der Waals surface area contributed by atoms with Gasteiger partial charge in [-0.1, -0.05) is 23.2 Å². The summed E-state index contributed by atoms with van der Waals surface area (Å²) in [6, 6.07) is 5.55. The van der Waals surface area contributed by atoms with Crippen LogP contribution >= 0.6 is 23.2 Å². The molecule has 0 aliphatic carbocycles. The summed E-state index contributed by atoms with van der Waals surface area (Å²) >= 11 is 12.3. The molecule has 30 heavy (non-hydrogen) atoms. The number of halogens is 3. The van der Waals surface area contributed by atoms with E-state index in [-0.39, 0.29) is 35.1 Å². The Morgan fingerprint density at radius 2 is 2.13 bits per heavy atom. The zero-order valence-electron chi connectivity index (χ0n) is 15.9. The maximum absolute atomic E-state index is 12.8. The summed E-state index contributed by atoms with van der Waals surface area (Å²) in [5.74, 6) is -0.864. The van der Waals surface area contributed by atoms with Crippen molar-refractivity contribution in [3.63, 3.8) is 0 Å². The summed E-state index contributed by atoms with van der Waals surface area (Å²) in [7, 11) is 0. The van der Waals surface area contributed by atoms with E-state index in [0.717, 1.165) is 25.2 Å². The van der Waals surface area contributed by atoms with Gasteiger partial charge in [-0.25, -0.2) is 9.89 Å². The Morgan fingerprint density at radius 1 is 1.37 bits per heavy atom. The molecular weight excluding hydrogens is 455 g/mol. The third-order valence-electron chi connectivity index (χ3n) is 4.84. The molecule has 0 saturated carbocycles. The number of H-pyrrole nitrogens is 2. The Morgan fingerprint density at radius 3 is 2.70 bits per heavy atom. The molecule has 3 heterocycles. The standard InChI is InChI=1S/C18H18Cl2N6O3.ClH/c1-8-13(19)14(20)15(22-8)16(27)23-11-3-2-9(17-24-25-18(28)29-17)6-12(11)26-5-4-10(21)7-26;/h2-3,6,10,22H,4-5,7,21H2,1H3,(H,23,27)(H,25,28);1H/t10-;/m0./s1. The van der Waals surface area contributed by atoms with Crippen LogP contribution in [0.15, 0.2) is 27.4 Å². The molecule has 2 aromatic heterocycles. The van der Waals surface area contributed by atoms with E-state index in [1.807, 2.05) is 6.07 Å². The molecule has 9 nitrogen and oxygen atoms in total. The summed E-state index contributed by atoms with van der Waals surface area (Å²) in [4.78, 5) is 29.1. The number of carbonyl (C=O) groups is 1. The van der Waals surface area contributed by atoms with E-state index in [1.54, 1.807) is 19.1 Å². The van der Waals surface area contributed by atoms with E-state index in [9.17, 15) is 9.59 Å². The van der Waals surface area contributed by atoms with Gasteiger partial charge in [-0.3, -0.25) is 4.79 Å². The first-order valence-corrected chi connectivity index (χ1v) is 9.72. The monoisotopic (exact) mass is 472 g/mol. The number of nitrogens with zero attached hydrogens (tertiary/aromatic N) is 2. The Balaban J connectivity index is 0.00000256. The molecule has 3 aromatic rings. The summed E-state index contributed by atoms with van der Waals surface area (Å²) < 4.78 is 5.05. The summed E-state index contributed by atoms with van der Waals surface area (Å²) in [5.41, 5.74) is 6.90. The first-order chi connectivity index (χ1) is 13.8. The van der Waals surface area contributed by atoms with Crippen LogP contribution < -0.4 is 34.1 Å². The molecule has 6 N–H and O–H groups in total. The lowest BCUT2D eigenvalue weighted by Crippen LogP contribution is -3.00. The number of rotatable bonds is 4. The van der Waals surface area contributed by atoms with Gasteiger partial charge in [-0.2, -0.15) is 0 Å². The second kappa shape index (κ2) is 8.73. The first kappa shape index (κ1) is 22.2. The highest BCUT2D eigenvalue weighted by atomic mass is 35.5. The van der Waals surface area contributed by atoms with Crippen LogP contribution in [0.5, 0.6) is 0 Å². The molecule has 1 fully saturated rings. The van der Waals surface area contributed by atoms with Crippen LogP contribution in [0, 0.1) is 6.92 Å². The van der Waals surface area contributed by atoms with Crippen molar-refractivity contribution in [1.29, 1.82) is 0 Å². The Hall–Kier alpha value is -2.46. The third-order valence-corrected chi connectivity index (χ3v) is 5.79. The normalized spacial score (nSPS) is 15.9. The molecule has 0 unspecified atom stereocenters. The number of hydrogen-bond donors (Lipinski definition) is 4. The summed E-state index contributed by atoms with van der Waals surface area (Å²) in [6.07, 6.45) is 0.937. The Kier molecular flexibility index (Phi) is 6.47.